The summed E-state index contributed by atoms with van der Waals surface area (Å²) in [5, 5.41) is 20.2. The Morgan fingerprint density at radius 1 is 0.800 bits per heavy atom. The predicted molar refractivity (Wildman–Crippen MR) is 158 cm³/mol. The Kier molecular flexibility index (Phi) is 6.58. The van der Waals surface area contributed by atoms with E-state index in [0.29, 0.717) is 12.1 Å². The van der Waals surface area contributed by atoms with Crippen LogP contribution in [0.25, 0.3) is 32.8 Å². The zero-order valence-electron chi connectivity index (χ0n) is 21.9. The molecule has 0 aliphatic heterocycles. The molecule has 1 aromatic heterocycles. The lowest BCUT2D eigenvalue weighted by molar-refractivity contribution is 0.0696. The highest BCUT2D eigenvalue weighted by atomic mass is 16.4. The molecule has 0 aliphatic rings. The van der Waals surface area contributed by atoms with Crippen LogP contribution >= 0.6 is 0 Å². The summed E-state index contributed by atoms with van der Waals surface area (Å²) in [7, 11) is 0. The van der Waals surface area contributed by atoms with Crippen LogP contribution in [0.5, 0.6) is 0 Å². The molecule has 0 fully saturated rings. The second-order valence-electron chi connectivity index (χ2n) is 9.93. The molecule has 196 valence electrons. The first-order valence-corrected chi connectivity index (χ1v) is 13.1. The molecule has 0 unspecified atom stereocenters. The zero-order chi connectivity index (χ0) is 27.6. The number of carboxylic acids is 1. The van der Waals surface area contributed by atoms with Gasteiger partial charge in [0.15, 0.2) is 0 Å². The van der Waals surface area contributed by atoms with Crippen LogP contribution in [0.3, 0.4) is 0 Å². The second-order valence-corrected chi connectivity index (χ2v) is 9.93. The number of aromatic carboxylic acids is 1. The Morgan fingerprint density at radius 2 is 1.52 bits per heavy atom. The van der Waals surface area contributed by atoms with E-state index in [9.17, 15) is 14.7 Å². The van der Waals surface area contributed by atoms with E-state index in [4.69, 9.17) is 5.10 Å². The van der Waals surface area contributed by atoms with Gasteiger partial charge in [0.2, 0.25) is 0 Å². The first kappa shape index (κ1) is 25.1. The number of fused-ring (bicyclic) bond motifs is 2. The van der Waals surface area contributed by atoms with Gasteiger partial charge in [0.1, 0.15) is 0 Å². The zero-order valence-corrected chi connectivity index (χ0v) is 21.9. The summed E-state index contributed by atoms with van der Waals surface area (Å²) in [5.41, 5.74) is 5.35. The van der Waals surface area contributed by atoms with Gasteiger partial charge < -0.3 is 10.4 Å². The Bertz CT molecular complexity index is 1860. The summed E-state index contributed by atoms with van der Waals surface area (Å²) < 4.78 is 1.88. The molecule has 0 aliphatic carbocycles. The fraction of sp³-hybridized carbons (Fsp3) is 0.0882. The van der Waals surface area contributed by atoms with Crippen molar-refractivity contribution in [3.8, 4) is 11.1 Å². The molecule has 0 saturated carbocycles. The Labute approximate surface area is 231 Å². The van der Waals surface area contributed by atoms with Crippen LogP contribution in [0.15, 0.2) is 115 Å². The lowest BCUT2D eigenvalue weighted by atomic mass is 9.99. The molecule has 6 nitrogen and oxygen atoms in total. The SMILES string of the molecule is C[C@H](NC(=O)c1cc(-c2ccccc2)cc2cnn(Cc3ccc4ccccc4c3)c12)c1ccc(C(=O)O)cc1. The molecular weight excluding hydrogens is 498 g/mol. The summed E-state index contributed by atoms with van der Waals surface area (Å²) in [4.78, 5) is 25.1. The quantitative estimate of drug-likeness (QED) is 0.233. The topological polar surface area (TPSA) is 84.2 Å². The van der Waals surface area contributed by atoms with Gasteiger partial charge in [-0.1, -0.05) is 78.9 Å². The number of rotatable bonds is 7. The van der Waals surface area contributed by atoms with Gasteiger partial charge in [-0.15, -0.1) is 0 Å². The van der Waals surface area contributed by atoms with Gasteiger partial charge in [0, 0.05) is 5.39 Å². The number of nitrogens with one attached hydrogen (secondary N) is 1. The van der Waals surface area contributed by atoms with Gasteiger partial charge in [-0.2, -0.15) is 5.10 Å². The van der Waals surface area contributed by atoms with E-state index in [1.807, 2.05) is 66.3 Å². The molecule has 1 heterocycles. The standard InChI is InChI=1S/C34H27N3O3/c1-22(24-13-15-27(16-14-24)34(39)40)36-33(38)31-19-29(25-7-3-2-4-8-25)18-30-20-35-37(32(30)31)21-23-11-12-26-9-5-6-10-28(26)17-23/h2-20,22H,21H2,1H3,(H,36,38)(H,39,40)/t22-/m0/s1. The number of hydrogen-bond acceptors (Lipinski definition) is 3. The van der Waals surface area contributed by atoms with Crippen molar-refractivity contribution < 1.29 is 14.7 Å². The Balaban J connectivity index is 1.39. The van der Waals surface area contributed by atoms with Crippen LogP contribution in [0.1, 0.15) is 44.8 Å². The average Bonchev–Trinajstić information content (AvgIpc) is 3.39. The van der Waals surface area contributed by atoms with E-state index < -0.39 is 5.97 Å². The minimum absolute atomic E-state index is 0.206. The highest BCUT2D eigenvalue weighted by Crippen LogP contribution is 2.29. The molecule has 5 aromatic carbocycles. The van der Waals surface area contributed by atoms with Crippen LogP contribution in [0, 0.1) is 0 Å². The average molecular weight is 526 g/mol. The van der Waals surface area contributed by atoms with E-state index in [-0.39, 0.29) is 17.5 Å². The highest BCUT2D eigenvalue weighted by molar-refractivity contribution is 6.07. The molecule has 6 aromatic rings. The molecule has 6 heteroatoms. The molecule has 0 bridgehead atoms. The summed E-state index contributed by atoms with van der Waals surface area (Å²) in [5.74, 6) is -1.21. The summed E-state index contributed by atoms with van der Waals surface area (Å²) in [6.07, 6.45) is 1.81. The summed E-state index contributed by atoms with van der Waals surface area (Å²) in [6, 6.07) is 34.8. The third-order valence-corrected chi connectivity index (χ3v) is 7.24. The van der Waals surface area contributed by atoms with Crippen LogP contribution in [-0.2, 0) is 6.54 Å². The van der Waals surface area contributed by atoms with Gasteiger partial charge in [0.25, 0.3) is 5.91 Å². The number of nitrogens with zero attached hydrogens (tertiary/aromatic N) is 2. The number of carbonyl (C=O) groups is 2. The maximum atomic E-state index is 13.8. The maximum absolute atomic E-state index is 13.8. The van der Waals surface area contributed by atoms with Gasteiger partial charge in [-0.05, 0) is 70.3 Å². The van der Waals surface area contributed by atoms with Crippen LogP contribution in [0.4, 0.5) is 0 Å². The first-order valence-electron chi connectivity index (χ1n) is 13.1. The lowest BCUT2D eigenvalue weighted by Crippen LogP contribution is -2.27. The second kappa shape index (κ2) is 10.5. The van der Waals surface area contributed by atoms with E-state index in [1.165, 1.54) is 5.39 Å². The maximum Gasteiger partial charge on any atom is 0.335 e. The summed E-state index contributed by atoms with van der Waals surface area (Å²) >= 11 is 0. The van der Waals surface area contributed by atoms with Gasteiger partial charge in [0.05, 0.1) is 35.4 Å². The molecule has 2 N–H and O–H groups in total. The highest BCUT2D eigenvalue weighted by Gasteiger charge is 2.20. The van der Waals surface area contributed by atoms with Crippen molar-refractivity contribution in [2.45, 2.75) is 19.5 Å². The number of carboxylic acid groups (broad SMARTS) is 1. The molecule has 1 amide bonds. The molecule has 6 rings (SSSR count). The van der Waals surface area contributed by atoms with E-state index in [0.717, 1.165) is 38.5 Å². The smallest absolute Gasteiger partial charge is 0.335 e. The lowest BCUT2D eigenvalue weighted by Gasteiger charge is -2.17. The van der Waals surface area contributed by atoms with Crippen LogP contribution < -0.4 is 5.32 Å². The van der Waals surface area contributed by atoms with E-state index in [2.05, 4.69) is 41.7 Å². The first-order chi connectivity index (χ1) is 19.5. The molecular formula is C34H27N3O3. The van der Waals surface area contributed by atoms with Crippen molar-refractivity contribution in [3.05, 3.63) is 138 Å². The molecule has 0 saturated heterocycles. The predicted octanol–water partition coefficient (Wildman–Crippen LogP) is 7.09. The fourth-order valence-electron chi connectivity index (χ4n) is 5.11. The third-order valence-electron chi connectivity index (χ3n) is 7.24. The minimum atomic E-state index is -0.983. The van der Waals surface area contributed by atoms with E-state index >= 15 is 0 Å². The molecule has 40 heavy (non-hydrogen) atoms. The van der Waals surface area contributed by atoms with Crippen molar-refractivity contribution in [2.75, 3.05) is 0 Å². The van der Waals surface area contributed by atoms with Gasteiger partial charge in [-0.25, -0.2) is 4.79 Å². The number of aromatic nitrogens is 2. The van der Waals surface area contributed by atoms with Gasteiger partial charge >= 0.3 is 5.97 Å². The van der Waals surface area contributed by atoms with Gasteiger partial charge in [-0.3, -0.25) is 9.48 Å². The number of benzene rings is 5. The number of carbonyl (C=O) groups excluding carboxylic acids is 1. The largest absolute Gasteiger partial charge is 0.478 e. The van der Waals surface area contributed by atoms with Crippen molar-refractivity contribution in [2.24, 2.45) is 0 Å². The Hall–Kier alpha value is -5.23. The van der Waals surface area contributed by atoms with Crippen LogP contribution in [0.2, 0.25) is 0 Å². The van der Waals surface area contributed by atoms with Crippen molar-refractivity contribution in [1.82, 2.24) is 15.1 Å². The fourth-order valence-corrected chi connectivity index (χ4v) is 5.11. The number of amides is 1. The van der Waals surface area contributed by atoms with E-state index in [1.54, 1.807) is 24.3 Å². The molecule has 0 spiro atoms. The van der Waals surface area contributed by atoms with Crippen molar-refractivity contribution in [1.29, 1.82) is 0 Å². The Morgan fingerprint density at radius 3 is 2.27 bits per heavy atom. The van der Waals surface area contributed by atoms with Crippen LogP contribution in [-0.4, -0.2) is 26.8 Å². The molecule has 1 atom stereocenters. The number of hydrogen-bond donors (Lipinski definition) is 2. The van der Waals surface area contributed by atoms with Crippen molar-refractivity contribution >= 4 is 33.6 Å². The summed E-state index contributed by atoms with van der Waals surface area (Å²) in [6.45, 7) is 2.41. The normalized spacial score (nSPS) is 11.9. The molecule has 0 radical (unpaired) electrons. The minimum Gasteiger partial charge on any atom is -0.478 e. The van der Waals surface area contributed by atoms with Crippen molar-refractivity contribution in [3.63, 3.8) is 0 Å². The third kappa shape index (κ3) is 4.95. The monoisotopic (exact) mass is 525 g/mol.